The van der Waals surface area contributed by atoms with Crippen LogP contribution in [0.4, 0.5) is 0 Å². The molecule has 92 valence electrons. The van der Waals surface area contributed by atoms with E-state index in [1.54, 1.807) is 4.90 Å². The molecule has 2 saturated heterocycles. The van der Waals surface area contributed by atoms with Crippen LogP contribution in [0.2, 0.25) is 0 Å². The lowest BCUT2D eigenvalue weighted by atomic mass is 9.89. The number of aliphatic hydroxyl groups is 1. The van der Waals surface area contributed by atoms with Gasteiger partial charge in [0.2, 0.25) is 5.91 Å². The first-order valence-corrected chi connectivity index (χ1v) is 6.49. The van der Waals surface area contributed by atoms with E-state index in [0.717, 1.165) is 19.4 Å². The van der Waals surface area contributed by atoms with E-state index in [1.807, 2.05) is 6.92 Å². The molecule has 2 aliphatic rings. The molecule has 5 heteroatoms. The molecule has 0 radical (unpaired) electrons. The molecule has 0 spiro atoms. The first-order chi connectivity index (χ1) is 7.65. The van der Waals surface area contributed by atoms with Crippen molar-refractivity contribution in [2.24, 2.45) is 5.92 Å². The summed E-state index contributed by atoms with van der Waals surface area (Å²) in [5.74, 6) is 0.610. The maximum atomic E-state index is 12.2. The highest BCUT2D eigenvalue weighted by Gasteiger charge is 2.43. The second-order valence-electron chi connectivity index (χ2n) is 4.73. The van der Waals surface area contributed by atoms with E-state index in [2.05, 4.69) is 5.32 Å². The molecule has 2 heterocycles. The van der Waals surface area contributed by atoms with Crippen molar-refractivity contribution in [1.82, 2.24) is 10.2 Å². The number of fused-ring (bicyclic) bond motifs is 1. The molecule has 4 atom stereocenters. The van der Waals surface area contributed by atoms with Crippen molar-refractivity contribution >= 4 is 17.5 Å². The lowest BCUT2D eigenvalue weighted by Crippen LogP contribution is -2.67. The summed E-state index contributed by atoms with van der Waals surface area (Å²) in [5.41, 5.74) is 0. The number of piperidine rings is 1. The molecular weight excluding hydrogens is 228 g/mol. The molecule has 0 saturated carbocycles. The minimum absolute atomic E-state index is 0.0425. The van der Waals surface area contributed by atoms with Crippen LogP contribution in [0.5, 0.6) is 0 Å². The molecule has 0 aromatic heterocycles. The summed E-state index contributed by atoms with van der Waals surface area (Å²) in [5, 5.41) is 13.2. The van der Waals surface area contributed by atoms with Gasteiger partial charge in [-0.25, -0.2) is 0 Å². The molecule has 4 nitrogen and oxygen atoms in total. The van der Waals surface area contributed by atoms with Crippen LogP contribution in [0.1, 0.15) is 26.2 Å². The SMILES string of the molecule is CC1NC2C(O)CCCN2C(=O)C1CCCl. The first kappa shape index (κ1) is 12.1. The summed E-state index contributed by atoms with van der Waals surface area (Å²) in [6.45, 7) is 2.74. The number of carbonyl (C=O) groups is 1. The summed E-state index contributed by atoms with van der Waals surface area (Å²) in [4.78, 5) is 14.0. The quantitative estimate of drug-likeness (QED) is 0.699. The number of rotatable bonds is 2. The predicted molar refractivity (Wildman–Crippen MR) is 62.2 cm³/mol. The number of aliphatic hydroxyl groups excluding tert-OH is 1. The molecule has 2 aliphatic heterocycles. The Morgan fingerprint density at radius 1 is 1.62 bits per heavy atom. The third kappa shape index (κ3) is 2.06. The highest BCUT2D eigenvalue weighted by molar-refractivity contribution is 6.18. The van der Waals surface area contributed by atoms with Crippen molar-refractivity contribution in [2.75, 3.05) is 12.4 Å². The average Bonchev–Trinajstić information content (AvgIpc) is 2.26. The molecule has 0 aromatic rings. The van der Waals surface area contributed by atoms with Gasteiger partial charge >= 0.3 is 0 Å². The fourth-order valence-corrected chi connectivity index (χ4v) is 2.96. The van der Waals surface area contributed by atoms with Gasteiger partial charge in [0, 0.05) is 18.5 Å². The number of hydrogen-bond donors (Lipinski definition) is 2. The van der Waals surface area contributed by atoms with Crippen LogP contribution in [-0.4, -0.2) is 46.6 Å². The molecule has 4 unspecified atom stereocenters. The van der Waals surface area contributed by atoms with Crippen molar-refractivity contribution in [1.29, 1.82) is 0 Å². The monoisotopic (exact) mass is 246 g/mol. The van der Waals surface area contributed by atoms with Crippen LogP contribution in [-0.2, 0) is 4.79 Å². The van der Waals surface area contributed by atoms with Crippen LogP contribution in [0.25, 0.3) is 0 Å². The van der Waals surface area contributed by atoms with Gasteiger partial charge in [0.05, 0.1) is 12.0 Å². The van der Waals surface area contributed by atoms with Crippen LogP contribution < -0.4 is 5.32 Å². The summed E-state index contributed by atoms with van der Waals surface area (Å²) >= 11 is 5.72. The predicted octanol–water partition coefficient (Wildman–Crippen LogP) is 0.533. The topological polar surface area (TPSA) is 52.6 Å². The number of hydrogen-bond acceptors (Lipinski definition) is 3. The minimum atomic E-state index is -0.433. The number of nitrogens with one attached hydrogen (secondary N) is 1. The van der Waals surface area contributed by atoms with Gasteiger partial charge in [0.1, 0.15) is 6.17 Å². The van der Waals surface area contributed by atoms with Crippen LogP contribution in [0.3, 0.4) is 0 Å². The summed E-state index contributed by atoms with van der Waals surface area (Å²) in [6.07, 6.45) is 1.73. The van der Waals surface area contributed by atoms with Crippen LogP contribution >= 0.6 is 11.6 Å². The van der Waals surface area contributed by atoms with Gasteiger partial charge in [-0.2, -0.15) is 0 Å². The number of carbonyl (C=O) groups excluding carboxylic acids is 1. The zero-order chi connectivity index (χ0) is 11.7. The summed E-state index contributed by atoms with van der Waals surface area (Å²) in [6, 6.07) is 0.0975. The van der Waals surface area contributed by atoms with Crippen molar-refractivity contribution in [3.63, 3.8) is 0 Å². The first-order valence-electron chi connectivity index (χ1n) is 5.95. The standard InChI is InChI=1S/C11H19ClN2O2/c1-7-8(4-5-12)11(16)14-6-2-3-9(15)10(14)13-7/h7-10,13,15H,2-6H2,1H3. The van der Waals surface area contributed by atoms with Gasteiger partial charge in [-0.15, -0.1) is 11.6 Å². The van der Waals surface area contributed by atoms with E-state index in [0.29, 0.717) is 12.3 Å². The van der Waals surface area contributed by atoms with Crippen LogP contribution in [0, 0.1) is 5.92 Å². The van der Waals surface area contributed by atoms with Crippen LogP contribution in [0.15, 0.2) is 0 Å². The van der Waals surface area contributed by atoms with Crippen molar-refractivity contribution < 1.29 is 9.90 Å². The van der Waals surface area contributed by atoms with Gasteiger partial charge in [-0.1, -0.05) is 0 Å². The molecule has 0 aliphatic carbocycles. The fourth-order valence-electron chi connectivity index (χ4n) is 2.73. The largest absolute Gasteiger partial charge is 0.390 e. The Morgan fingerprint density at radius 3 is 3.06 bits per heavy atom. The molecule has 1 amide bonds. The second-order valence-corrected chi connectivity index (χ2v) is 5.10. The number of nitrogens with zero attached hydrogens (tertiary/aromatic N) is 1. The molecular formula is C11H19ClN2O2. The number of halogens is 1. The highest BCUT2D eigenvalue weighted by atomic mass is 35.5. The van der Waals surface area contributed by atoms with Crippen molar-refractivity contribution in [3.8, 4) is 0 Å². The maximum Gasteiger partial charge on any atom is 0.228 e. The van der Waals surface area contributed by atoms with Gasteiger partial charge in [-0.3, -0.25) is 10.1 Å². The number of amides is 1. The molecule has 0 bridgehead atoms. The normalized spacial score (nSPS) is 39.7. The third-order valence-electron chi connectivity index (χ3n) is 3.66. The van der Waals surface area contributed by atoms with E-state index in [1.165, 1.54) is 0 Å². The fraction of sp³-hybridized carbons (Fsp3) is 0.909. The van der Waals surface area contributed by atoms with E-state index in [4.69, 9.17) is 11.6 Å². The van der Waals surface area contributed by atoms with Gasteiger partial charge in [-0.05, 0) is 26.2 Å². The molecule has 2 N–H and O–H groups in total. The van der Waals surface area contributed by atoms with Gasteiger partial charge < -0.3 is 10.0 Å². The van der Waals surface area contributed by atoms with Gasteiger partial charge in [0.15, 0.2) is 0 Å². The Labute approximate surface area is 101 Å². The third-order valence-corrected chi connectivity index (χ3v) is 3.87. The zero-order valence-corrected chi connectivity index (χ0v) is 10.3. The Bertz CT molecular complexity index is 275. The molecule has 16 heavy (non-hydrogen) atoms. The Kier molecular flexibility index (Phi) is 3.72. The maximum absolute atomic E-state index is 12.2. The second kappa shape index (κ2) is 4.90. The Morgan fingerprint density at radius 2 is 2.38 bits per heavy atom. The van der Waals surface area contributed by atoms with E-state index >= 15 is 0 Å². The van der Waals surface area contributed by atoms with Crippen molar-refractivity contribution in [3.05, 3.63) is 0 Å². The lowest BCUT2D eigenvalue weighted by molar-refractivity contribution is -0.152. The smallest absolute Gasteiger partial charge is 0.228 e. The number of alkyl halides is 1. The zero-order valence-electron chi connectivity index (χ0n) is 9.53. The molecule has 2 rings (SSSR count). The summed E-state index contributed by atoms with van der Waals surface area (Å²) < 4.78 is 0. The highest BCUT2D eigenvalue weighted by Crippen LogP contribution is 2.26. The average molecular weight is 247 g/mol. The molecule has 0 aromatic carbocycles. The van der Waals surface area contributed by atoms with E-state index in [-0.39, 0.29) is 24.0 Å². The van der Waals surface area contributed by atoms with E-state index < -0.39 is 6.10 Å². The summed E-state index contributed by atoms with van der Waals surface area (Å²) in [7, 11) is 0. The molecule has 2 fully saturated rings. The van der Waals surface area contributed by atoms with E-state index in [9.17, 15) is 9.90 Å². The lowest BCUT2D eigenvalue weighted by Gasteiger charge is -2.47. The minimum Gasteiger partial charge on any atom is -0.390 e. The van der Waals surface area contributed by atoms with Gasteiger partial charge in [0.25, 0.3) is 0 Å². The Balaban J connectivity index is 2.12. The van der Waals surface area contributed by atoms with Crippen molar-refractivity contribution in [2.45, 2.75) is 44.5 Å². The Hall–Kier alpha value is -0.320.